The quantitative estimate of drug-likeness (QED) is 0.587. The summed E-state index contributed by atoms with van der Waals surface area (Å²) in [4.78, 5) is 12.5. The minimum absolute atomic E-state index is 0.0679. The second-order valence-corrected chi connectivity index (χ2v) is 6.06. The molecule has 0 fully saturated rings. The van der Waals surface area contributed by atoms with E-state index in [1.54, 1.807) is 36.6 Å². The first-order chi connectivity index (χ1) is 14.2. The molecule has 0 aliphatic rings. The van der Waals surface area contributed by atoms with E-state index in [1.807, 2.05) is 42.5 Å². The number of hydrogen-bond acceptors (Lipinski definition) is 5. The first-order valence-corrected chi connectivity index (χ1v) is 8.96. The molecule has 0 bridgehead atoms. The van der Waals surface area contributed by atoms with E-state index in [4.69, 9.17) is 19.2 Å². The van der Waals surface area contributed by atoms with E-state index in [0.29, 0.717) is 17.3 Å². The minimum atomic E-state index is -0.389. The summed E-state index contributed by atoms with van der Waals surface area (Å²) < 4.78 is 16.1. The molecule has 2 aromatic carbocycles. The summed E-state index contributed by atoms with van der Waals surface area (Å²) in [6.45, 7) is -0.0679. The van der Waals surface area contributed by atoms with Crippen molar-refractivity contribution in [1.29, 1.82) is 5.26 Å². The molecule has 0 spiro atoms. The maximum absolute atomic E-state index is 12.5. The van der Waals surface area contributed by atoms with Crippen LogP contribution in [0.3, 0.4) is 0 Å². The predicted octanol–water partition coefficient (Wildman–Crippen LogP) is 4.11. The Morgan fingerprint density at radius 1 is 1.17 bits per heavy atom. The summed E-state index contributed by atoms with van der Waals surface area (Å²) >= 11 is 0. The van der Waals surface area contributed by atoms with Crippen LogP contribution in [0.15, 0.2) is 77.4 Å². The van der Waals surface area contributed by atoms with Crippen molar-refractivity contribution in [2.24, 2.45) is 0 Å². The lowest BCUT2D eigenvalue weighted by atomic mass is 10.0. The summed E-state index contributed by atoms with van der Waals surface area (Å²) in [6.07, 6.45) is 4.70. The molecule has 0 radical (unpaired) electrons. The fourth-order valence-electron chi connectivity index (χ4n) is 2.80. The minimum Gasteiger partial charge on any atom is -0.493 e. The van der Waals surface area contributed by atoms with Crippen LogP contribution in [0.2, 0.25) is 0 Å². The van der Waals surface area contributed by atoms with Gasteiger partial charge in [0.15, 0.2) is 18.1 Å². The third-order valence-electron chi connectivity index (χ3n) is 4.15. The monoisotopic (exact) mass is 388 g/mol. The molecule has 1 unspecified atom stereocenters. The van der Waals surface area contributed by atoms with Crippen molar-refractivity contribution in [1.82, 2.24) is 5.32 Å². The average molecular weight is 388 g/mol. The van der Waals surface area contributed by atoms with E-state index in [9.17, 15) is 4.79 Å². The van der Waals surface area contributed by atoms with Gasteiger partial charge >= 0.3 is 0 Å². The van der Waals surface area contributed by atoms with Crippen LogP contribution in [-0.2, 0) is 4.79 Å². The van der Waals surface area contributed by atoms with Gasteiger partial charge in [0.25, 0.3) is 0 Å². The van der Waals surface area contributed by atoms with Gasteiger partial charge in [-0.05, 0) is 41.5 Å². The van der Waals surface area contributed by atoms with Crippen molar-refractivity contribution in [3.8, 4) is 17.6 Å². The van der Waals surface area contributed by atoms with Crippen LogP contribution in [-0.4, -0.2) is 19.6 Å². The average Bonchev–Trinajstić information content (AvgIpc) is 3.30. The van der Waals surface area contributed by atoms with Crippen LogP contribution in [0.25, 0.3) is 6.08 Å². The second-order valence-electron chi connectivity index (χ2n) is 6.06. The van der Waals surface area contributed by atoms with Crippen LogP contribution < -0.4 is 14.8 Å². The summed E-state index contributed by atoms with van der Waals surface area (Å²) in [5, 5.41) is 11.6. The molecule has 0 aliphatic carbocycles. The van der Waals surface area contributed by atoms with Gasteiger partial charge in [-0.15, -0.1) is 0 Å². The highest BCUT2D eigenvalue weighted by Crippen LogP contribution is 2.28. The zero-order valence-electron chi connectivity index (χ0n) is 15.9. The van der Waals surface area contributed by atoms with Crippen molar-refractivity contribution in [3.63, 3.8) is 0 Å². The number of furan rings is 1. The predicted molar refractivity (Wildman–Crippen MR) is 108 cm³/mol. The lowest BCUT2D eigenvalue weighted by Crippen LogP contribution is -2.27. The SMILES string of the molecule is COc1cc(/C=C/C(=O)NC(c2ccccc2)c2ccco2)ccc1OCC#N. The van der Waals surface area contributed by atoms with E-state index >= 15 is 0 Å². The molecule has 3 aromatic rings. The van der Waals surface area contributed by atoms with E-state index in [0.717, 1.165) is 11.1 Å². The maximum Gasteiger partial charge on any atom is 0.244 e. The molecule has 6 nitrogen and oxygen atoms in total. The van der Waals surface area contributed by atoms with Gasteiger partial charge in [0, 0.05) is 6.08 Å². The number of nitriles is 1. The Bertz CT molecular complexity index is 1010. The van der Waals surface area contributed by atoms with Crippen molar-refractivity contribution in [3.05, 3.63) is 89.9 Å². The van der Waals surface area contributed by atoms with Crippen LogP contribution >= 0.6 is 0 Å². The Labute approximate surface area is 169 Å². The van der Waals surface area contributed by atoms with Gasteiger partial charge in [-0.2, -0.15) is 5.26 Å². The molecule has 1 heterocycles. The number of nitrogens with zero attached hydrogens (tertiary/aromatic N) is 1. The van der Waals surface area contributed by atoms with Crippen LogP contribution in [0.4, 0.5) is 0 Å². The van der Waals surface area contributed by atoms with E-state index in [-0.39, 0.29) is 18.6 Å². The Kier molecular flexibility index (Phi) is 6.69. The highest BCUT2D eigenvalue weighted by molar-refractivity contribution is 5.92. The first kappa shape index (κ1) is 19.8. The molecule has 6 heteroatoms. The summed E-state index contributed by atoms with van der Waals surface area (Å²) in [7, 11) is 1.52. The Hall–Kier alpha value is -3.98. The molecule has 3 rings (SSSR count). The summed E-state index contributed by atoms with van der Waals surface area (Å²) in [5.41, 5.74) is 1.68. The number of benzene rings is 2. The normalized spacial score (nSPS) is 11.6. The standard InChI is InChI=1S/C23H20N2O4/c1-27-21-16-17(9-11-19(21)29-15-13-24)10-12-22(26)25-23(20-8-5-14-28-20)18-6-3-2-4-7-18/h2-12,14,16,23H,15H2,1H3,(H,25,26)/b12-10+. The zero-order valence-corrected chi connectivity index (χ0v) is 15.9. The van der Waals surface area contributed by atoms with Gasteiger partial charge in [-0.1, -0.05) is 36.4 Å². The molecule has 146 valence electrons. The van der Waals surface area contributed by atoms with Gasteiger partial charge in [-0.25, -0.2) is 0 Å². The molecular weight excluding hydrogens is 368 g/mol. The molecule has 0 saturated carbocycles. The largest absolute Gasteiger partial charge is 0.493 e. The fraction of sp³-hybridized carbons (Fsp3) is 0.130. The van der Waals surface area contributed by atoms with Crippen molar-refractivity contribution in [2.75, 3.05) is 13.7 Å². The molecule has 1 amide bonds. The first-order valence-electron chi connectivity index (χ1n) is 8.96. The maximum atomic E-state index is 12.5. The lowest BCUT2D eigenvalue weighted by Gasteiger charge is -2.16. The third-order valence-corrected chi connectivity index (χ3v) is 4.15. The van der Waals surface area contributed by atoms with Gasteiger partial charge < -0.3 is 19.2 Å². The molecular formula is C23H20N2O4. The smallest absolute Gasteiger partial charge is 0.244 e. The van der Waals surface area contributed by atoms with Gasteiger partial charge in [-0.3, -0.25) is 4.79 Å². The number of amides is 1. The molecule has 1 atom stereocenters. The number of nitrogens with one attached hydrogen (secondary N) is 1. The molecule has 0 saturated heterocycles. The van der Waals surface area contributed by atoms with Crippen LogP contribution in [0.1, 0.15) is 22.9 Å². The molecule has 1 aromatic heterocycles. The molecule has 29 heavy (non-hydrogen) atoms. The fourth-order valence-corrected chi connectivity index (χ4v) is 2.80. The van der Waals surface area contributed by atoms with Crippen molar-refractivity contribution in [2.45, 2.75) is 6.04 Å². The zero-order chi connectivity index (χ0) is 20.5. The van der Waals surface area contributed by atoms with E-state index < -0.39 is 0 Å². The third kappa shape index (κ3) is 5.27. The van der Waals surface area contributed by atoms with Gasteiger partial charge in [0.2, 0.25) is 5.91 Å². The topological polar surface area (TPSA) is 84.5 Å². The Balaban J connectivity index is 1.73. The second kappa shape index (κ2) is 9.81. The summed E-state index contributed by atoms with van der Waals surface area (Å²) in [5.74, 6) is 1.34. The van der Waals surface area contributed by atoms with Crippen molar-refractivity contribution >= 4 is 12.0 Å². The van der Waals surface area contributed by atoms with Gasteiger partial charge in [0.1, 0.15) is 17.9 Å². The Morgan fingerprint density at radius 3 is 2.69 bits per heavy atom. The van der Waals surface area contributed by atoms with Gasteiger partial charge in [0.05, 0.1) is 13.4 Å². The number of carbonyl (C=O) groups excluding carboxylic acids is 1. The number of rotatable bonds is 8. The number of hydrogen-bond donors (Lipinski definition) is 1. The number of methoxy groups -OCH3 is 1. The lowest BCUT2D eigenvalue weighted by molar-refractivity contribution is -0.117. The van der Waals surface area contributed by atoms with Crippen LogP contribution in [0, 0.1) is 11.3 Å². The van der Waals surface area contributed by atoms with Crippen LogP contribution in [0.5, 0.6) is 11.5 Å². The highest BCUT2D eigenvalue weighted by Gasteiger charge is 2.18. The van der Waals surface area contributed by atoms with Crippen molar-refractivity contribution < 1.29 is 18.7 Å². The number of carbonyl (C=O) groups is 1. The number of ether oxygens (including phenoxy) is 2. The Morgan fingerprint density at radius 2 is 2.00 bits per heavy atom. The molecule has 1 N–H and O–H groups in total. The van der Waals surface area contributed by atoms with E-state index in [1.165, 1.54) is 13.2 Å². The highest BCUT2D eigenvalue weighted by atomic mass is 16.5. The van der Waals surface area contributed by atoms with E-state index in [2.05, 4.69) is 5.32 Å². The summed E-state index contributed by atoms with van der Waals surface area (Å²) in [6, 6.07) is 20.0. The molecule has 0 aliphatic heterocycles.